The molecule has 1 aliphatic rings. The van der Waals surface area contributed by atoms with Crippen LogP contribution in [-0.2, 0) is 0 Å². The molecule has 3 aromatic carbocycles. The summed E-state index contributed by atoms with van der Waals surface area (Å²) in [4.78, 5) is 19.7. The van der Waals surface area contributed by atoms with E-state index in [1.54, 1.807) is 0 Å². The van der Waals surface area contributed by atoms with E-state index in [1.165, 1.54) is 0 Å². The summed E-state index contributed by atoms with van der Waals surface area (Å²) in [6.07, 6.45) is 1.82. The van der Waals surface area contributed by atoms with Gasteiger partial charge in [0.2, 0.25) is 0 Å². The van der Waals surface area contributed by atoms with Gasteiger partial charge in [-0.3, -0.25) is 14.7 Å². The SMILES string of the molecule is Cc1cc(Nc2cccc(OCCN3CCC(C(=O)c4ccccc4)CC3)c2)c2ccccc2n1. The van der Waals surface area contributed by atoms with Gasteiger partial charge in [-0.25, -0.2) is 0 Å². The summed E-state index contributed by atoms with van der Waals surface area (Å²) in [5, 5.41) is 4.63. The van der Waals surface area contributed by atoms with Gasteiger partial charge >= 0.3 is 0 Å². The van der Waals surface area contributed by atoms with Gasteiger partial charge in [-0.2, -0.15) is 0 Å². The highest BCUT2D eigenvalue weighted by atomic mass is 16.5. The number of anilines is 2. The number of ketones is 1. The number of likely N-dealkylation sites (tertiary alicyclic amines) is 1. The highest BCUT2D eigenvalue weighted by Gasteiger charge is 2.25. The van der Waals surface area contributed by atoms with Crippen LogP contribution in [0.1, 0.15) is 28.9 Å². The molecule has 178 valence electrons. The Bertz CT molecular complexity index is 1300. The second-order valence-corrected chi connectivity index (χ2v) is 9.18. The average molecular weight is 466 g/mol. The van der Waals surface area contributed by atoms with Crippen LogP contribution in [0.3, 0.4) is 0 Å². The van der Waals surface area contributed by atoms with Crippen molar-refractivity contribution in [2.45, 2.75) is 19.8 Å². The number of benzene rings is 3. The molecule has 0 atom stereocenters. The van der Waals surface area contributed by atoms with Crippen molar-refractivity contribution in [3.63, 3.8) is 0 Å². The number of piperidine rings is 1. The Balaban J connectivity index is 1.13. The molecule has 1 N–H and O–H groups in total. The van der Waals surface area contributed by atoms with Crippen LogP contribution in [0.15, 0.2) is 84.9 Å². The van der Waals surface area contributed by atoms with Crippen LogP contribution in [0, 0.1) is 12.8 Å². The lowest BCUT2D eigenvalue weighted by molar-refractivity contribution is 0.0827. The van der Waals surface area contributed by atoms with Gasteiger partial charge in [0.15, 0.2) is 5.78 Å². The molecular weight excluding hydrogens is 434 g/mol. The molecule has 5 nitrogen and oxygen atoms in total. The largest absolute Gasteiger partial charge is 0.492 e. The first kappa shape index (κ1) is 23.1. The molecule has 5 rings (SSSR count). The predicted molar refractivity (Wildman–Crippen MR) is 142 cm³/mol. The third-order valence-corrected chi connectivity index (χ3v) is 6.65. The summed E-state index contributed by atoms with van der Waals surface area (Å²) >= 11 is 0. The standard InChI is InChI=1S/C30H31N3O2/c1-22-20-29(27-12-5-6-13-28(27)31-22)32-25-10-7-11-26(21-25)35-19-18-33-16-14-24(15-17-33)30(34)23-8-3-2-4-9-23/h2-13,20-21,24H,14-19H2,1H3,(H,31,32). The highest BCUT2D eigenvalue weighted by Crippen LogP contribution is 2.28. The first-order chi connectivity index (χ1) is 17.2. The molecule has 5 heteroatoms. The Morgan fingerprint density at radius 3 is 2.57 bits per heavy atom. The van der Waals surface area contributed by atoms with Crippen molar-refractivity contribution in [3.8, 4) is 5.75 Å². The number of carbonyl (C=O) groups excluding carboxylic acids is 1. The van der Waals surface area contributed by atoms with Crippen LogP contribution in [0.25, 0.3) is 10.9 Å². The lowest BCUT2D eigenvalue weighted by atomic mass is 9.89. The van der Waals surface area contributed by atoms with Crippen molar-refractivity contribution in [1.29, 1.82) is 0 Å². The fraction of sp³-hybridized carbons (Fsp3) is 0.267. The van der Waals surface area contributed by atoms with Gasteiger partial charge in [-0.05, 0) is 57.1 Å². The molecule has 1 fully saturated rings. The topological polar surface area (TPSA) is 54.5 Å². The molecule has 0 amide bonds. The van der Waals surface area contributed by atoms with Gasteiger partial charge in [0.05, 0.1) is 5.52 Å². The van der Waals surface area contributed by atoms with Crippen molar-refractivity contribution >= 4 is 28.1 Å². The second kappa shape index (κ2) is 10.7. The van der Waals surface area contributed by atoms with Crippen molar-refractivity contribution in [2.24, 2.45) is 5.92 Å². The zero-order valence-corrected chi connectivity index (χ0v) is 20.1. The van der Waals surface area contributed by atoms with Crippen LogP contribution >= 0.6 is 0 Å². The smallest absolute Gasteiger partial charge is 0.166 e. The molecule has 0 unspecified atom stereocenters. The quantitative estimate of drug-likeness (QED) is 0.311. The van der Waals surface area contributed by atoms with Crippen LogP contribution in [0.2, 0.25) is 0 Å². The number of hydrogen-bond donors (Lipinski definition) is 1. The zero-order valence-electron chi connectivity index (χ0n) is 20.1. The molecule has 0 spiro atoms. The molecule has 2 heterocycles. The van der Waals surface area contributed by atoms with Gasteiger partial charge in [-0.1, -0.05) is 54.6 Å². The Kier molecular flexibility index (Phi) is 7.05. The number of aryl methyl sites for hydroxylation is 1. The van der Waals surface area contributed by atoms with E-state index in [2.05, 4.69) is 27.3 Å². The number of fused-ring (bicyclic) bond motifs is 1. The maximum Gasteiger partial charge on any atom is 0.166 e. The third-order valence-electron chi connectivity index (χ3n) is 6.65. The van der Waals surface area contributed by atoms with Gasteiger partial charge in [0, 0.05) is 46.5 Å². The summed E-state index contributed by atoms with van der Waals surface area (Å²) in [6, 6.07) is 28.0. The van der Waals surface area contributed by atoms with E-state index in [-0.39, 0.29) is 11.7 Å². The number of rotatable bonds is 8. The number of aromatic nitrogens is 1. The highest BCUT2D eigenvalue weighted by molar-refractivity contribution is 5.97. The Morgan fingerprint density at radius 2 is 1.74 bits per heavy atom. The van der Waals surface area contributed by atoms with E-state index < -0.39 is 0 Å². The summed E-state index contributed by atoms with van der Waals surface area (Å²) in [6.45, 7) is 5.36. The number of nitrogens with one attached hydrogen (secondary N) is 1. The first-order valence-electron chi connectivity index (χ1n) is 12.3. The number of Topliss-reactive ketones (excluding diaryl/α,β-unsaturated/α-hetero) is 1. The minimum absolute atomic E-state index is 0.130. The number of pyridine rings is 1. The van der Waals surface area contributed by atoms with Gasteiger partial charge in [0.25, 0.3) is 0 Å². The van der Waals surface area contributed by atoms with E-state index in [9.17, 15) is 4.79 Å². The molecule has 4 aromatic rings. The van der Waals surface area contributed by atoms with Crippen molar-refractivity contribution in [2.75, 3.05) is 31.6 Å². The van der Waals surface area contributed by atoms with E-state index >= 15 is 0 Å². The minimum atomic E-state index is 0.130. The normalized spacial score (nSPS) is 14.7. The summed E-state index contributed by atoms with van der Waals surface area (Å²) in [5.74, 6) is 1.26. The molecule has 1 saturated heterocycles. The lowest BCUT2D eigenvalue weighted by Crippen LogP contribution is -2.38. The van der Waals surface area contributed by atoms with E-state index in [4.69, 9.17) is 4.74 Å². The number of ether oxygens (including phenoxy) is 1. The number of carbonyl (C=O) groups is 1. The Hall–Kier alpha value is -3.70. The molecular formula is C30H31N3O2. The average Bonchev–Trinajstić information content (AvgIpc) is 2.89. The van der Waals surface area contributed by atoms with Crippen LogP contribution in [0.5, 0.6) is 5.75 Å². The summed E-state index contributed by atoms with van der Waals surface area (Å²) < 4.78 is 6.08. The van der Waals surface area contributed by atoms with Crippen LogP contribution in [-0.4, -0.2) is 41.9 Å². The fourth-order valence-electron chi connectivity index (χ4n) is 4.78. The molecule has 0 radical (unpaired) electrons. The van der Waals surface area contributed by atoms with E-state index in [1.807, 2.05) is 79.7 Å². The monoisotopic (exact) mass is 465 g/mol. The lowest BCUT2D eigenvalue weighted by Gasteiger charge is -2.31. The van der Waals surface area contributed by atoms with E-state index in [0.29, 0.717) is 6.61 Å². The minimum Gasteiger partial charge on any atom is -0.492 e. The first-order valence-corrected chi connectivity index (χ1v) is 12.3. The molecule has 0 saturated carbocycles. The number of hydrogen-bond acceptors (Lipinski definition) is 5. The maximum atomic E-state index is 12.7. The third kappa shape index (κ3) is 5.69. The maximum absolute atomic E-state index is 12.7. The summed E-state index contributed by atoms with van der Waals surface area (Å²) in [5.41, 5.74) is 4.82. The van der Waals surface area contributed by atoms with Gasteiger partial charge in [0.1, 0.15) is 12.4 Å². The molecule has 0 aliphatic carbocycles. The van der Waals surface area contributed by atoms with Crippen LogP contribution in [0.4, 0.5) is 11.4 Å². The summed E-state index contributed by atoms with van der Waals surface area (Å²) in [7, 11) is 0. The van der Waals surface area contributed by atoms with Gasteiger partial charge < -0.3 is 10.1 Å². The molecule has 1 aliphatic heterocycles. The molecule has 0 bridgehead atoms. The zero-order chi connectivity index (χ0) is 24.0. The number of nitrogens with zero attached hydrogens (tertiary/aromatic N) is 2. The molecule has 1 aromatic heterocycles. The van der Waals surface area contributed by atoms with Crippen molar-refractivity contribution in [1.82, 2.24) is 9.88 Å². The van der Waals surface area contributed by atoms with Gasteiger partial charge in [-0.15, -0.1) is 0 Å². The Labute approximate surface area is 206 Å². The van der Waals surface area contributed by atoms with Crippen molar-refractivity contribution in [3.05, 3.63) is 96.2 Å². The Morgan fingerprint density at radius 1 is 0.971 bits per heavy atom. The number of para-hydroxylation sites is 1. The van der Waals surface area contributed by atoms with E-state index in [0.717, 1.165) is 71.8 Å². The molecule has 35 heavy (non-hydrogen) atoms. The van der Waals surface area contributed by atoms with Crippen molar-refractivity contribution < 1.29 is 9.53 Å². The predicted octanol–water partition coefficient (Wildman–Crippen LogP) is 6.26. The second-order valence-electron chi connectivity index (χ2n) is 9.18. The fourth-order valence-corrected chi connectivity index (χ4v) is 4.78. The van der Waals surface area contributed by atoms with Crippen LogP contribution < -0.4 is 10.1 Å².